The van der Waals surface area contributed by atoms with Gasteiger partial charge in [0.15, 0.2) is 0 Å². The summed E-state index contributed by atoms with van der Waals surface area (Å²) in [6.07, 6.45) is 5.39. The average Bonchev–Trinajstić information content (AvgIpc) is 2.56. The first-order chi connectivity index (χ1) is 10.2. The minimum absolute atomic E-state index is 0.273. The summed E-state index contributed by atoms with van der Waals surface area (Å²) in [4.78, 5) is 2.36. The van der Waals surface area contributed by atoms with Crippen LogP contribution in [0.2, 0.25) is 0 Å². The van der Waals surface area contributed by atoms with Gasteiger partial charge < -0.3 is 20.6 Å². The summed E-state index contributed by atoms with van der Waals surface area (Å²) >= 11 is 0. The van der Waals surface area contributed by atoms with Gasteiger partial charge in [-0.15, -0.1) is 0 Å². The highest BCUT2D eigenvalue weighted by Gasteiger charge is 2.26. The lowest BCUT2D eigenvalue weighted by Gasteiger charge is -2.38. The van der Waals surface area contributed by atoms with Crippen LogP contribution in [0.15, 0.2) is 35.5 Å². The maximum Gasteiger partial charge on any atom is 0.140 e. The van der Waals surface area contributed by atoms with Gasteiger partial charge in [0.1, 0.15) is 5.84 Å². The third kappa shape index (κ3) is 4.36. The van der Waals surface area contributed by atoms with E-state index < -0.39 is 0 Å². The van der Waals surface area contributed by atoms with E-state index in [0.29, 0.717) is 18.6 Å². The molecule has 1 saturated carbocycles. The van der Waals surface area contributed by atoms with Crippen LogP contribution < -0.4 is 10.6 Å². The fraction of sp³-hybridized carbons (Fsp3) is 0.562. The van der Waals surface area contributed by atoms with Crippen LogP contribution in [0.3, 0.4) is 0 Å². The number of nitrogens with two attached hydrogens (primary N) is 1. The molecule has 0 radical (unpaired) electrons. The first kappa shape index (κ1) is 15.6. The fourth-order valence-electron chi connectivity index (χ4n) is 3.04. The van der Waals surface area contributed by atoms with Crippen molar-refractivity contribution < 1.29 is 9.94 Å². The standard InChI is InChI=1S/C16H25N3O2/c1-21-15-9-5-8-14(12-15)19(11-10-16(17)18-20)13-6-3-2-4-7-13/h2-4,6-7,14-15,20H,5,8-12H2,1H3,(H2,17,18). The molecule has 21 heavy (non-hydrogen) atoms. The maximum absolute atomic E-state index is 8.73. The number of anilines is 1. The Kier molecular flexibility index (Phi) is 5.87. The Labute approximate surface area is 126 Å². The number of hydrogen-bond donors (Lipinski definition) is 2. The van der Waals surface area contributed by atoms with Gasteiger partial charge in [-0.05, 0) is 37.8 Å². The average molecular weight is 291 g/mol. The molecule has 0 bridgehead atoms. The molecule has 5 nitrogen and oxygen atoms in total. The van der Waals surface area contributed by atoms with Gasteiger partial charge in [-0.25, -0.2) is 0 Å². The first-order valence-electron chi connectivity index (χ1n) is 7.55. The van der Waals surface area contributed by atoms with Gasteiger partial charge in [-0.2, -0.15) is 0 Å². The molecule has 116 valence electrons. The van der Waals surface area contributed by atoms with Crippen molar-refractivity contribution in [2.75, 3.05) is 18.6 Å². The van der Waals surface area contributed by atoms with Crippen molar-refractivity contribution in [1.29, 1.82) is 0 Å². The van der Waals surface area contributed by atoms with Crippen LogP contribution in [0.4, 0.5) is 5.69 Å². The largest absolute Gasteiger partial charge is 0.409 e. The van der Waals surface area contributed by atoms with Crippen molar-refractivity contribution in [2.45, 2.75) is 44.2 Å². The minimum Gasteiger partial charge on any atom is -0.409 e. The molecule has 2 rings (SSSR count). The van der Waals surface area contributed by atoms with Crippen LogP contribution in [0.1, 0.15) is 32.1 Å². The highest BCUT2D eigenvalue weighted by molar-refractivity contribution is 5.80. The molecule has 5 heteroatoms. The molecule has 1 aromatic rings. The van der Waals surface area contributed by atoms with Gasteiger partial charge >= 0.3 is 0 Å². The summed E-state index contributed by atoms with van der Waals surface area (Å²) in [5, 5.41) is 11.8. The van der Waals surface area contributed by atoms with Crippen LogP contribution in [0, 0.1) is 0 Å². The summed E-state index contributed by atoms with van der Waals surface area (Å²) in [7, 11) is 1.79. The molecule has 1 aliphatic carbocycles. The number of rotatable bonds is 6. The van der Waals surface area contributed by atoms with E-state index in [-0.39, 0.29) is 5.84 Å². The Bertz CT molecular complexity index is 450. The zero-order valence-electron chi connectivity index (χ0n) is 12.6. The molecule has 2 unspecified atom stereocenters. The lowest BCUT2D eigenvalue weighted by atomic mass is 9.91. The Morgan fingerprint density at radius 1 is 1.38 bits per heavy atom. The van der Waals surface area contributed by atoms with Gasteiger partial charge in [-0.3, -0.25) is 0 Å². The molecular formula is C16H25N3O2. The summed E-state index contributed by atoms with van der Waals surface area (Å²) in [5.41, 5.74) is 6.82. The summed E-state index contributed by atoms with van der Waals surface area (Å²) < 4.78 is 5.54. The smallest absolute Gasteiger partial charge is 0.140 e. The number of amidine groups is 1. The minimum atomic E-state index is 0.273. The van der Waals surface area contributed by atoms with Crippen molar-refractivity contribution in [2.24, 2.45) is 10.9 Å². The van der Waals surface area contributed by atoms with E-state index in [4.69, 9.17) is 15.7 Å². The predicted molar refractivity (Wildman–Crippen MR) is 84.9 cm³/mol. The highest BCUT2D eigenvalue weighted by atomic mass is 16.5. The summed E-state index contributed by atoms with van der Waals surface area (Å²) in [6, 6.07) is 10.8. The molecule has 0 aromatic heterocycles. The molecule has 0 heterocycles. The molecule has 1 fully saturated rings. The Morgan fingerprint density at radius 2 is 2.14 bits per heavy atom. The summed E-state index contributed by atoms with van der Waals surface area (Å²) in [6.45, 7) is 0.751. The third-order valence-corrected chi connectivity index (χ3v) is 4.20. The zero-order valence-corrected chi connectivity index (χ0v) is 12.6. The number of hydrogen-bond acceptors (Lipinski definition) is 4. The first-order valence-corrected chi connectivity index (χ1v) is 7.55. The second-order valence-corrected chi connectivity index (χ2v) is 5.55. The monoisotopic (exact) mass is 291 g/mol. The lowest BCUT2D eigenvalue weighted by molar-refractivity contribution is 0.0631. The molecule has 0 aliphatic heterocycles. The normalized spacial score (nSPS) is 23.0. The second-order valence-electron chi connectivity index (χ2n) is 5.55. The van der Waals surface area contributed by atoms with Crippen LogP contribution >= 0.6 is 0 Å². The van der Waals surface area contributed by atoms with E-state index in [0.717, 1.165) is 25.8 Å². The van der Waals surface area contributed by atoms with Gasteiger partial charge in [0.25, 0.3) is 0 Å². The van der Waals surface area contributed by atoms with Gasteiger partial charge in [-0.1, -0.05) is 23.4 Å². The van der Waals surface area contributed by atoms with Crippen LogP contribution in [-0.4, -0.2) is 36.8 Å². The van der Waals surface area contributed by atoms with Crippen molar-refractivity contribution in [3.8, 4) is 0 Å². The van der Waals surface area contributed by atoms with Crippen molar-refractivity contribution >= 4 is 11.5 Å². The Balaban J connectivity index is 2.11. The molecular weight excluding hydrogens is 266 g/mol. The highest BCUT2D eigenvalue weighted by Crippen LogP contribution is 2.28. The van der Waals surface area contributed by atoms with Gasteiger partial charge in [0.05, 0.1) is 6.10 Å². The third-order valence-electron chi connectivity index (χ3n) is 4.20. The topological polar surface area (TPSA) is 71.1 Å². The molecule has 3 N–H and O–H groups in total. The molecule has 2 atom stereocenters. The van der Waals surface area contributed by atoms with E-state index in [9.17, 15) is 0 Å². The second kappa shape index (κ2) is 7.88. The number of nitrogens with zero attached hydrogens (tertiary/aromatic N) is 2. The molecule has 1 aromatic carbocycles. The van der Waals surface area contributed by atoms with Gasteiger partial charge in [0.2, 0.25) is 0 Å². The summed E-state index contributed by atoms with van der Waals surface area (Å²) in [5.74, 6) is 0.273. The van der Waals surface area contributed by atoms with E-state index in [2.05, 4.69) is 22.2 Å². The van der Waals surface area contributed by atoms with Gasteiger partial charge in [0, 0.05) is 31.8 Å². The SMILES string of the molecule is COC1CCCC(N(CCC(N)=NO)c2ccccc2)C1. The van der Waals surface area contributed by atoms with Crippen LogP contribution in [-0.2, 0) is 4.74 Å². The van der Waals surface area contributed by atoms with Crippen LogP contribution in [0.25, 0.3) is 0 Å². The molecule has 0 saturated heterocycles. The number of methoxy groups -OCH3 is 1. The Hall–Kier alpha value is -1.75. The van der Waals surface area contributed by atoms with E-state index in [1.807, 2.05) is 18.2 Å². The molecule has 0 spiro atoms. The number of para-hydroxylation sites is 1. The van der Waals surface area contributed by atoms with Crippen molar-refractivity contribution in [1.82, 2.24) is 0 Å². The predicted octanol–water partition coefficient (Wildman–Crippen LogP) is 2.59. The fourth-order valence-corrected chi connectivity index (χ4v) is 3.04. The number of oxime groups is 1. The van der Waals surface area contributed by atoms with Crippen molar-refractivity contribution in [3.05, 3.63) is 30.3 Å². The zero-order chi connectivity index (χ0) is 15.1. The quantitative estimate of drug-likeness (QED) is 0.366. The molecule has 0 amide bonds. The van der Waals surface area contributed by atoms with E-state index in [1.165, 1.54) is 12.1 Å². The van der Waals surface area contributed by atoms with Crippen molar-refractivity contribution in [3.63, 3.8) is 0 Å². The Morgan fingerprint density at radius 3 is 2.81 bits per heavy atom. The maximum atomic E-state index is 8.73. The number of ether oxygens (including phenoxy) is 1. The number of benzene rings is 1. The molecule has 1 aliphatic rings. The lowest BCUT2D eigenvalue weighted by Crippen LogP contribution is -2.42. The van der Waals surface area contributed by atoms with E-state index >= 15 is 0 Å². The van der Waals surface area contributed by atoms with E-state index in [1.54, 1.807) is 7.11 Å². The van der Waals surface area contributed by atoms with Crippen LogP contribution in [0.5, 0.6) is 0 Å².